The number of rotatable bonds is 1. The highest BCUT2D eigenvalue weighted by molar-refractivity contribution is 7.97. The molecule has 0 aliphatic carbocycles. The fourth-order valence-corrected chi connectivity index (χ4v) is 2.26. The van der Waals surface area contributed by atoms with Gasteiger partial charge in [-0.25, -0.2) is 0 Å². The molecule has 0 radical (unpaired) electrons. The summed E-state index contributed by atoms with van der Waals surface area (Å²) in [4.78, 5) is 0. The molecule has 9 heavy (non-hydrogen) atoms. The summed E-state index contributed by atoms with van der Waals surface area (Å²) in [5, 5.41) is 0. The van der Waals surface area contributed by atoms with E-state index in [0.717, 1.165) is 19.0 Å². The van der Waals surface area contributed by atoms with Crippen LogP contribution >= 0.6 is 0 Å². The standard InChI is InChI=1S/C7H11OS/c1-2-5-9-6-3-8-4-7-9/h1H,3-7H2/q+1. The third-order valence-corrected chi connectivity index (χ3v) is 3.38. The van der Waals surface area contributed by atoms with Crippen molar-refractivity contribution in [3.63, 3.8) is 0 Å². The summed E-state index contributed by atoms with van der Waals surface area (Å²) in [5.74, 6) is 6.03. The Bertz CT molecular complexity index is 111. The molecule has 0 aromatic heterocycles. The van der Waals surface area contributed by atoms with Crippen molar-refractivity contribution in [1.29, 1.82) is 0 Å². The van der Waals surface area contributed by atoms with Crippen LogP contribution in [0.3, 0.4) is 0 Å². The minimum Gasteiger partial charge on any atom is -0.372 e. The van der Waals surface area contributed by atoms with Crippen molar-refractivity contribution in [2.75, 3.05) is 30.5 Å². The molecule has 1 heterocycles. The highest BCUT2D eigenvalue weighted by Gasteiger charge is 2.19. The average Bonchev–Trinajstić information content (AvgIpc) is 1.91. The van der Waals surface area contributed by atoms with E-state index >= 15 is 0 Å². The maximum Gasteiger partial charge on any atom is 0.168 e. The van der Waals surface area contributed by atoms with Gasteiger partial charge in [0, 0.05) is 10.9 Å². The normalized spacial score (nSPS) is 21.2. The summed E-state index contributed by atoms with van der Waals surface area (Å²) >= 11 is 0. The predicted molar refractivity (Wildman–Crippen MR) is 41.6 cm³/mol. The van der Waals surface area contributed by atoms with Gasteiger partial charge in [-0.2, -0.15) is 0 Å². The molecule has 50 valence electrons. The molecule has 0 aromatic carbocycles. The van der Waals surface area contributed by atoms with Crippen LogP contribution < -0.4 is 0 Å². The molecule has 1 rings (SSSR count). The van der Waals surface area contributed by atoms with Crippen LogP contribution in [-0.2, 0) is 15.6 Å². The van der Waals surface area contributed by atoms with Crippen molar-refractivity contribution in [3.8, 4) is 12.3 Å². The van der Waals surface area contributed by atoms with Crippen LogP contribution in [0.25, 0.3) is 0 Å². The zero-order valence-corrected chi connectivity index (χ0v) is 6.25. The fourth-order valence-electron chi connectivity index (χ4n) is 0.820. The van der Waals surface area contributed by atoms with Crippen molar-refractivity contribution in [3.05, 3.63) is 0 Å². The van der Waals surface area contributed by atoms with E-state index in [-0.39, 0.29) is 0 Å². The van der Waals surface area contributed by atoms with Gasteiger partial charge in [-0.3, -0.25) is 0 Å². The van der Waals surface area contributed by atoms with E-state index in [1.54, 1.807) is 0 Å². The van der Waals surface area contributed by atoms with Gasteiger partial charge in [0.05, 0.1) is 13.2 Å². The molecule has 0 saturated carbocycles. The second kappa shape index (κ2) is 3.81. The minimum atomic E-state index is 0.494. The third kappa shape index (κ3) is 2.30. The van der Waals surface area contributed by atoms with E-state index in [9.17, 15) is 0 Å². The van der Waals surface area contributed by atoms with E-state index in [0.29, 0.717) is 10.9 Å². The Hall–Kier alpha value is -0.130. The lowest BCUT2D eigenvalue weighted by atomic mass is 10.8. The molecule has 1 saturated heterocycles. The zero-order valence-electron chi connectivity index (χ0n) is 5.43. The lowest BCUT2D eigenvalue weighted by molar-refractivity contribution is 0.159. The predicted octanol–water partition coefficient (Wildman–Crippen LogP) is 0.268. The average molecular weight is 143 g/mol. The van der Waals surface area contributed by atoms with Crippen molar-refractivity contribution in [2.24, 2.45) is 0 Å². The smallest absolute Gasteiger partial charge is 0.168 e. The molecular weight excluding hydrogens is 132 g/mol. The van der Waals surface area contributed by atoms with Gasteiger partial charge in [-0.05, 0) is 0 Å². The van der Waals surface area contributed by atoms with Crippen molar-refractivity contribution >= 4 is 10.9 Å². The Morgan fingerprint density at radius 1 is 1.44 bits per heavy atom. The number of ether oxygens (including phenoxy) is 1. The summed E-state index contributed by atoms with van der Waals surface area (Å²) in [6, 6.07) is 0. The fraction of sp³-hybridized carbons (Fsp3) is 0.714. The maximum absolute atomic E-state index is 5.18. The maximum atomic E-state index is 5.18. The lowest BCUT2D eigenvalue weighted by Gasteiger charge is -2.11. The minimum absolute atomic E-state index is 0.494. The Morgan fingerprint density at radius 2 is 2.11 bits per heavy atom. The summed E-state index contributed by atoms with van der Waals surface area (Å²) in [5.41, 5.74) is 0. The summed E-state index contributed by atoms with van der Waals surface area (Å²) in [6.45, 7) is 1.84. The highest BCUT2D eigenvalue weighted by Crippen LogP contribution is 2.01. The Morgan fingerprint density at radius 3 is 2.67 bits per heavy atom. The Kier molecular flexibility index (Phi) is 2.96. The Balaban J connectivity index is 2.17. The van der Waals surface area contributed by atoms with Crippen molar-refractivity contribution < 1.29 is 4.74 Å². The van der Waals surface area contributed by atoms with E-state index in [1.807, 2.05) is 0 Å². The molecule has 0 N–H and O–H groups in total. The van der Waals surface area contributed by atoms with Crippen LogP contribution in [0.4, 0.5) is 0 Å². The molecule has 0 atom stereocenters. The summed E-state index contributed by atoms with van der Waals surface area (Å²) in [6.07, 6.45) is 5.18. The first-order valence-corrected chi connectivity index (χ1v) is 4.82. The van der Waals surface area contributed by atoms with Crippen LogP contribution in [0.5, 0.6) is 0 Å². The van der Waals surface area contributed by atoms with Gasteiger partial charge >= 0.3 is 0 Å². The molecule has 1 aliphatic heterocycles. The molecule has 1 aliphatic rings. The van der Waals surface area contributed by atoms with E-state index in [1.165, 1.54) is 11.5 Å². The molecule has 2 heteroatoms. The van der Waals surface area contributed by atoms with Crippen molar-refractivity contribution in [1.82, 2.24) is 0 Å². The van der Waals surface area contributed by atoms with Crippen LogP contribution in [0.15, 0.2) is 0 Å². The zero-order chi connectivity index (χ0) is 6.53. The van der Waals surface area contributed by atoms with Gasteiger partial charge in [-0.1, -0.05) is 5.92 Å². The van der Waals surface area contributed by atoms with Gasteiger partial charge in [0.1, 0.15) is 11.5 Å². The van der Waals surface area contributed by atoms with E-state index in [2.05, 4.69) is 5.92 Å². The third-order valence-electron chi connectivity index (χ3n) is 1.32. The SMILES string of the molecule is C#CC[S+]1CCOCC1. The molecule has 0 spiro atoms. The number of terminal acetylenes is 1. The second-order valence-electron chi connectivity index (χ2n) is 1.98. The molecule has 0 amide bonds. The molecule has 0 bridgehead atoms. The largest absolute Gasteiger partial charge is 0.372 e. The van der Waals surface area contributed by atoms with Gasteiger partial charge in [0.25, 0.3) is 0 Å². The topological polar surface area (TPSA) is 9.23 Å². The monoisotopic (exact) mass is 143 g/mol. The van der Waals surface area contributed by atoms with Gasteiger partial charge in [0.15, 0.2) is 5.75 Å². The van der Waals surface area contributed by atoms with Crippen LogP contribution in [0, 0.1) is 12.3 Å². The quantitative estimate of drug-likeness (QED) is 0.378. The van der Waals surface area contributed by atoms with E-state index < -0.39 is 0 Å². The van der Waals surface area contributed by atoms with Crippen molar-refractivity contribution in [2.45, 2.75) is 0 Å². The second-order valence-corrected chi connectivity index (χ2v) is 4.31. The molecule has 0 aromatic rings. The molecule has 1 fully saturated rings. The van der Waals surface area contributed by atoms with Crippen LogP contribution in [0.1, 0.15) is 0 Å². The molecular formula is C7H11OS+. The van der Waals surface area contributed by atoms with Crippen LogP contribution in [-0.4, -0.2) is 30.5 Å². The van der Waals surface area contributed by atoms with E-state index in [4.69, 9.17) is 11.2 Å². The highest BCUT2D eigenvalue weighted by atomic mass is 32.2. The summed E-state index contributed by atoms with van der Waals surface area (Å²) < 4.78 is 5.18. The molecule has 0 unspecified atom stereocenters. The first-order valence-electron chi connectivity index (χ1n) is 3.09. The van der Waals surface area contributed by atoms with Gasteiger partial charge in [0.2, 0.25) is 0 Å². The number of hydrogen-bond donors (Lipinski definition) is 0. The number of hydrogen-bond acceptors (Lipinski definition) is 1. The van der Waals surface area contributed by atoms with Gasteiger partial charge < -0.3 is 4.74 Å². The van der Waals surface area contributed by atoms with Crippen LogP contribution in [0.2, 0.25) is 0 Å². The summed E-state index contributed by atoms with van der Waals surface area (Å²) in [7, 11) is 0.494. The molecule has 1 nitrogen and oxygen atoms in total. The first-order chi connectivity index (χ1) is 4.43. The van der Waals surface area contributed by atoms with Gasteiger partial charge in [-0.15, -0.1) is 6.42 Å². The first kappa shape index (κ1) is 6.98. The lowest BCUT2D eigenvalue weighted by Crippen LogP contribution is -2.27. The Labute approximate surface area is 59.1 Å².